The summed E-state index contributed by atoms with van der Waals surface area (Å²) in [6.45, 7) is 6.06. The van der Waals surface area contributed by atoms with Gasteiger partial charge in [0.15, 0.2) is 0 Å². The van der Waals surface area contributed by atoms with E-state index in [0.717, 1.165) is 56.1 Å². The molecule has 0 bridgehead atoms. The minimum atomic E-state index is -4.52. The number of aromatic nitrogens is 2. The van der Waals surface area contributed by atoms with Crippen molar-refractivity contribution in [2.24, 2.45) is 5.92 Å². The number of hydrogen-bond acceptors (Lipinski definition) is 8. The minimum Gasteiger partial charge on any atom is -0.404 e. The topological polar surface area (TPSA) is 220 Å². The Balaban J connectivity index is 0.000000299. The number of rotatable bonds is 28. The van der Waals surface area contributed by atoms with E-state index in [1.807, 2.05) is 30.3 Å². The average Bonchev–Trinajstić information content (AvgIpc) is 3.98. The normalized spacial score (nSPS) is 17.9. The fourth-order valence-electron chi connectivity index (χ4n) is 9.30. The number of H-pyrrole nitrogens is 1. The Kier molecular flexibility index (Phi) is 25.1. The van der Waals surface area contributed by atoms with Gasteiger partial charge in [0.2, 0.25) is 23.6 Å². The standard InChI is InChI=1S/C26H34N6O4.C26H45O5P/c1-17(33)30-21-10-6-5-9-20-11-12-23(32(20)26(21)36)25(35)31-22(13-19-15-27-16-29-19)24(34)28-14-18-7-3-2-4-8-18;1-3-4-5-6-7-8-9-10-11-12-13-14-15-16-25(27)22-23(2)21-24-17-19-26(20-18-24)31-32(28,29)30/h2-4,7-8,15-16,20-23H,5-6,9-14H2,1H3,(H,27,29)(H,28,34)(H,30,33)(H,31,35);17-20,23H,3-16,21-22H2,1-2H3,(H2,28,29,30)/t20?,21-,22-,23-;23-/m01/s1. The Bertz CT molecular complexity index is 2000. The number of carbonyl (C=O) groups is 5. The molecule has 2 saturated heterocycles. The molecule has 0 aliphatic carbocycles. The Morgan fingerprint density at radius 1 is 0.824 bits per heavy atom. The van der Waals surface area contributed by atoms with Gasteiger partial charge in [0, 0.05) is 50.7 Å². The number of imidazole rings is 1. The van der Waals surface area contributed by atoms with E-state index in [-0.39, 0.29) is 47.8 Å². The van der Waals surface area contributed by atoms with Gasteiger partial charge in [0.05, 0.1) is 6.33 Å². The van der Waals surface area contributed by atoms with Gasteiger partial charge in [-0.1, -0.05) is 146 Å². The van der Waals surface area contributed by atoms with E-state index < -0.39 is 25.9 Å². The molecular weight excluding hydrogens is 884 g/mol. The summed E-state index contributed by atoms with van der Waals surface area (Å²) >= 11 is 0. The van der Waals surface area contributed by atoms with Crippen LogP contribution in [0.15, 0.2) is 67.1 Å². The van der Waals surface area contributed by atoms with Crippen LogP contribution in [0.25, 0.3) is 0 Å². The zero-order chi connectivity index (χ0) is 49.2. The molecule has 0 radical (unpaired) electrons. The number of amides is 4. The SMILES string of the molecule is CC(=O)N[C@H]1CCCCC2CC[C@@H](C(=O)N[C@@H](Cc3cnc[nH]3)C(=O)NCc3ccccc3)N2C1=O.CCCCCCCCCCCCCCCC(=O)C[C@H](C)Cc1ccc(OP(=O)(O)O)cc1. The van der Waals surface area contributed by atoms with E-state index in [0.29, 0.717) is 43.7 Å². The molecule has 2 aliphatic heterocycles. The second kappa shape index (κ2) is 30.6. The molecule has 2 fully saturated rings. The van der Waals surface area contributed by atoms with Gasteiger partial charge < -0.3 is 30.4 Å². The zero-order valence-electron chi connectivity index (χ0n) is 40.8. The summed E-state index contributed by atoms with van der Waals surface area (Å²) in [4.78, 5) is 90.3. The molecule has 5 atom stereocenters. The Hall–Kier alpha value is -4.85. The molecule has 1 unspecified atom stereocenters. The molecule has 15 nitrogen and oxygen atoms in total. The summed E-state index contributed by atoms with van der Waals surface area (Å²) in [5, 5.41) is 8.56. The first kappa shape index (κ1) is 55.7. The van der Waals surface area contributed by atoms with E-state index in [1.165, 1.54) is 83.9 Å². The molecule has 0 spiro atoms. The molecule has 3 aromatic rings. The van der Waals surface area contributed by atoms with Crippen LogP contribution in [0.2, 0.25) is 0 Å². The zero-order valence-corrected chi connectivity index (χ0v) is 41.7. The summed E-state index contributed by atoms with van der Waals surface area (Å²) in [7, 11) is -4.52. The number of hydrogen-bond donors (Lipinski definition) is 6. The molecule has 5 rings (SSSR count). The predicted octanol–water partition coefficient (Wildman–Crippen LogP) is 8.97. The van der Waals surface area contributed by atoms with E-state index in [9.17, 15) is 28.5 Å². The highest BCUT2D eigenvalue weighted by Crippen LogP contribution is 2.37. The average molecular weight is 963 g/mol. The lowest BCUT2D eigenvalue weighted by molar-refractivity contribution is -0.144. The molecule has 2 aromatic carbocycles. The van der Waals surface area contributed by atoms with Crippen molar-refractivity contribution in [3.05, 3.63) is 83.9 Å². The van der Waals surface area contributed by atoms with E-state index >= 15 is 0 Å². The first-order valence-corrected chi connectivity index (χ1v) is 26.8. The van der Waals surface area contributed by atoms with Crippen molar-refractivity contribution in [3.63, 3.8) is 0 Å². The number of unbranched alkanes of at least 4 members (excludes halogenated alkanes) is 12. The van der Waals surface area contributed by atoms with Crippen molar-refractivity contribution in [2.75, 3.05) is 0 Å². The third-order valence-electron chi connectivity index (χ3n) is 12.8. The van der Waals surface area contributed by atoms with Crippen LogP contribution in [0.1, 0.15) is 172 Å². The quantitative estimate of drug-likeness (QED) is 0.0300. The van der Waals surface area contributed by atoms with Crippen LogP contribution in [0.4, 0.5) is 0 Å². The van der Waals surface area contributed by atoms with Crippen molar-refractivity contribution in [1.29, 1.82) is 0 Å². The lowest BCUT2D eigenvalue weighted by Gasteiger charge is -2.35. The molecule has 16 heteroatoms. The maximum atomic E-state index is 13.5. The number of phosphoric acid groups is 1. The van der Waals surface area contributed by atoms with Gasteiger partial charge in [-0.25, -0.2) is 9.55 Å². The van der Waals surface area contributed by atoms with Crippen molar-refractivity contribution in [1.82, 2.24) is 30.8 Å². The Morgan fingerprint density at radius 2 is 1.46 bits per heavy atom. The van der Waals surface area contributed by atoms with E-state index in [4.69, 9.17) is 9.79 Å². The number of ketones is 1. The largest absolute Gasteiger partial charge is 0.524 e. The second-order valence-corrected chi connectivity index (χ2v) is 20.0. The van der Waals surface area contributed by atoms with Gasteiger partial charge >= 0.3 is 7.82 Å². The molecule has 4 amide bonds. The Labute approximate surface area is 404 Å². The number of carbonyl (C=O) groups excluding carboxylic acids is 5. The van der Waals surface area contributed by atoms with Crippen LogP contribution in [-0.4, -0.2) is 78.2 Å². The van der Waals surface area contributed by atoms with E-state index in [2.05, 4.69) is 44.3 Å². The van der Waals surface area contributed by atoms with Gasteiger partial charge in [-0.05, 0) is 67.7 Å². The molecule has 3 heterocycles. The van der Waals surface area contributed by atoms with Crippen molar-refractivity contribution in [3.8, 4) is 5.75 Å². The summed E-state index contributed by atoms with van der Waals surface area (Å²) in [5.74, 6) is -0.418. The van der Waals surface area contributed by atoms with Crippen LogP contribution in [0, 0.1) is 5.92 Å². The second-order valence-electron chi connectivity index (χ2n) is 18.8. The number of benzene rings is 2. The van der Waals surface area contributed by atoms with Gasteiger partial charge in [-0.2, -0.15) is 0 Å². The number of Topliss-reactive ketones (excluding diaryl/α,β-unsaturated/α-hetero) is 1. The summed E-state index contributed by atoms with van der Waals surface area (Å²) in [5.41, 5.74) is 2.70. The fraction of sp³-hybridized carbons (Fsp3) is 0.615. The first-order valence-electron chi connectivity index (χ1n) is 25.3. The van der Waals surface area contributed by atoms with Crippen molar-refractivity contribution >= 4 is 37.2 Å². The molecule has 2 aliphatic rings. The monoisotopic (exact) mass is 963 g/mol. The van der Waals surface area contributed by atoms with Gasteiger partial charge in [-0.3, -0.25) is 33.8 Å². The van der Waals surface area contributed by atoms with Gasteiger partial charge in [0.25, 0.3) is 0 Å². The number of phosphoric ester groups is 1. The Morgan fingerprint density at radius 3 is 2.06 bits per heavy atom. The van der Waals surface area contributed by atoms with Crippen LogP contribution in [-0.2, 0) is 47.9 Å². The van der Waals surface area contributed by atoms with Gasteiger partial charge in [0.1, 0.15) is 29.7 Å². The van der Waals surface area contributed by atoms with Crippen LogP contribution in [0.3, 0.4) is 0 Å². The lowest BCUT2D eigenvalue weighted by atomic mass is 9.94. The highest BCUT2D eigenvalue weighted by molar-refractivity contribution is 7.46. The molecule has 0 saturated carbocycles. The summed E-state index contributed by atoms with van der Waals surface area (Å²) in [6.07, 6.45) is 26.9. The van der Waals surface area contributed by atoms with Gasteiger partial charge in [-0.15, -0.1) is 0 Å². The molecule has 1 aromatic heterocycles. The maximum absolute atomic E-state index is 13.5. The third-order valence-corrected chi connectivity index (χ3v) is 13.3. The van der Waals surface area contributed by atoms with E-state index in [1.54, 1.807) is 35.4 Å². The van der Waals surface area contributed by atoms with Crippen LogP contribution >= 0.6 is 7.82 Å². The van der Waals surface area contributed by atoms with Crippen LogP contribution in [0.5, 0.6) is 5.75 Å². The fourth-order valence-corrected chi connectivity index (χ4v) is 9.70. The molecule has 68 heavy (non-hydrogen) atoms. The number of nitrogens with zero attached hydrogens (tertiary/aromatic N) is 2. The number of nitrogens with one attached hydrogen (secondary N) is 4. The lowest BCUT2D eigenvalue weighted by Crippen LogP contribution is -2.58. The number of aromatic amines is 1. The summed E-state index contributed by atoms with van der Waals surface area (Å²) < 4.78 is 15.4. The minimum absolute atomic E-state index is 0.0391. The summed E-state index contributed by atoms with van der Waals surface area (Å²) in [6, 6.07) is 14.0. The molecular formula is C52H79N6O9P. The highest BCUT2D eigenvalue weighted by atomic mass is 31.2. The van der Waals surface area contributed by atoms with Crippen LogP contribution < -0.4 is 20.5 Å². The molecule has 376 valence electrons. The smallest absolute Gasteiger partial charge is 0.404 e. The predicted molar refractivity (Wildman–Crippen MR) is 264 cm³/mol. The van der Waals surface area contributed by atoms with Crippen molar-refractivity contribution in [2.45, 2.75) is 199 Å². The third kappa shape index (κ3) is 21.6. The van der Waals surface area contributed by atoms with Crippen molar-refractivity contribution < 1.29 is 42.8 Å². The first-order chi connectivity index (χ1) is 32.7. The molecule has 6 N–H and O–H groups in total. The maximum Gasteiger partial charge on any atom is 0.524 e. The highest BCUT2D eigenvalue weighted by Gasteiger charge is 2.44. The number of fused-ring (bicyclic) bond motifs is 1.